The number of anilines is 1. The van der Waals surface area contributed by atoms with Crippen LogP contribution in [0.5, 0.6) is 0 Å². The minimum absolute atomic E-state index is 0.989. The van der Waals surface area contributed by atoms with Gasteiger partial charge in [0.2, 0.25) is 0 Å². The molecule has 0 aliphatic carbocycles. The molecule has 1 saturated heterocycles. The van der Waals surface area contributed by atoms with E-state index in [4.69, 9.17) is 0 Å². The summed E-state index contributed by atoms with van der Waals surface area (Å²) in [6, 6.07) is 12.3. The van der Waals surface area contributed by atoms with Crippen LogP contribution in [0.25, 0.3) is 11.3 Å². The van der Waals surface area contributed by atoms with Crippen molar-refractivity contribution in [2.24, 2.45) is 0 Å². The zero-order valence-corrected chi connectivity index (χ0v) is 10.9. The largest absolute Gasteiger partial charge is 0.355 e. The number of hydrogen-bond acceptors (Lipinski definition) is 4. The summed E-state index contributed by atoms with van der Waals surface area (Å²) < 4.78 is 0. The van der Waals surface area contributed by atoms with Crippen molar-refractivity contribution in [3.8, 4) is 11.3 Å². The molecule has 2 heterocycles. The summed E-state index contributed by atoms with van der Waals surface area (Å²) in [5, 5.41) is 3.41. The van der Waals surface area contributed by atoms with Crippen molar-refractivity contribution >= 4 is 5.82 Å². The van der Waals surface area contributed by atoms with Crippen LogP contribution in [0.3, 0.4) is 0 Å². The minimum atomic E-state index is 0.989. The minimum Gasteiger partial charge on any atom is -0.355 e. The molecule has 1 aliphatic heterocycles. The second-order valence-electron chi connectivity index (χ2n) is 4.72. The third-order valence-electron chi connectivity index (χ3n) is 3.39. The van der Waals surface area contributed by atoms with Gasteiger partial charge in [0.1, 0.15) is 12.1 Å². The number of nitrogens with zero attached hydrogens (tertiary/aromatic N) is 3. The fraction of sp³-hybridized carbons (Fsp3) is 0.333. The standard InChI is InChI=1S/C15H18N4/c1-2-5-13(6-3-1)14-11-15(18-12-17-14)19-9-4-7-16-8-10-19/h1-3,5-6,11-12,16H,4,7-10H2. The average molecular weight is 254 g/mol. The van der Waals surface area contributed by atoms with Crippen molar-refractivity contribution in [2.75, 3.05) is 31.1 Å². The predicted octanol–water partition coefficient (Wildman–Crippen LogP) is 1.94. The van der Waals surface area contributed by atoms with Crippen LogP contribution in [0.2, 0.25) is 0 Å². The molecular weight excluding hydrogens is 236 g/mol. The molecule has 98 valence electrons. The first-order chi connectivity index (χ1) is 9.43. The van der Waals surface area contributed by atoms with Crippen molar-refractivity contribution in [1.82, 2.24) is 15.3 Å². The van der Waals surface area contributed by atoms with E-state index in [1.165, 1.54) is 0 Å². The Morgan fingerprint density at radius 1 is 1.00 bits per heavy atom. The topological polar surface area (TPSA) is 41.0 Å². The Balaban J connectivity index is 1.87. The first kappa shape index (κ1) is 12.1. The molecule has 1 N–H and O–H groups in total. The van der Waals surface area contributed by atoms with Crippen molar-refractivity contribution in [2.45, 2.75) is 6.42 Å². The van der Waals surface area contributed by atoms with Crippen LogP contribution >= 0.6 is 0 Å². The monoisotopic (exact) mass is 254 g/mol. The molecule has 1 aromatic heterocycles. The van der Waals surface area contributed by atoms with Crippen molar-refractivity contribution in [1.29, 1.82) is 0 Å². The van der Waals surface area contributed by atoms with Crippen molar-refractivity contribution < 1.29 is 0 Å². The zero-order chi connectivity index (χ0) is 12.9. The Morgan fingerprint density at radius 2 is 1.89 bits per heavy atom. The van der Waals surface area contributed by atoms with Gasteiger partial charge in [-0.05, 0) is 13.0 Å². The van der Waals surface area contributed by atoms with Crippen LogP contribution in [-0.4, -0.2) is 36.1 Å². The van der Waals surface area contributed by atoms with E-state index in [2.05, 4.69) is 38.4 Å². The maximum absolute atomic E-state index is 4.42. The molecule has 4 nitrogen and oxygen atoms in total. The van der Waals surface area contributed by atoms with Gasteiger partial charge in [-0.3, -0.25) is 0 Å². The molecule has 3 rings (SSSR count). The first-order valence-corrected chi connectivity index (χ1v) is 6.76. The van der Waals surface area contributed by atoms with Gasteiger partial charge in [0.05, 0.1) is 5.69 Å². The molecule has 2 aromatic rings. The molecule has 1 fully saturated rings. The highest BCUT2D eigenvalue weighted by Gasteiger charge is 2.11. The Kier molecular flexibility index (Phi) is 3.70. The number of benzene rings is 1. The van der Waals surface area contributed by atoms with Gasteiger partial charge in [-0.15, -0.1) is 0 Å². The highest BCUT2D eigenvalue weighted by atomic mass is 15.2. The molecule has 1 aromatic carbocycles. The maximum atomic E-state index is 4.42. The Morgan fingerprint density at radius 3 is 2.79 bits per heavy atom. The third-order valence-corrected chi connectivity index (χ3v) is 3.39. The highest BCUT2D eigenvalue weighted by molar-refractivity contribution is 5.62. The van der Waals surface area contributed by atoms with E-state index in [1.807, 2.05) is 18.2 Å². The van der Waals surface area contributed by atoms with Gasteiger partial charge in [0, 0.05) is 31.3 Å². The van der Waals surface area contributed by atoms with Gasteiger partial charge in [-0.1, -0.05) is 30.3 Å². The summed E-state index contributed by atoms with van der Waals surface area (Å²) in [7, 11) is 0. The number of aromatic nitrogens is 2. The summed E-state index contributed by atoms with van der Waals surface area (Å²) in [5.41, 5.74) is 2.13. The van der Waals surface area contributed by atoms with Crippen LogP contribution in [0.15, 0.2) is 42.7 Å². The van der Waals surface area contributed by atoms with E-state index in [-0.39, 0.29) is 0 Å². The van der Waals surface area contributed by atoms with Crippen molar-refractivity contribution in [3.63, 3.8) is 0 Å². The van der Waals surface area contributed by atoms with Gasteiger partial charge in [-0.25, -0.2) is 9.97 Å². The van der Waals surface area contributed by atoms with Gasteiger partial charge >= 0.3 is 0 Å². The summed E-state index contributed by atoms with van der Waals surface area (Å²) >= 11 is 0. The Bertz CT molecular complexity index is 519. The molecule has 0 atom stereocenters. The fourth-order valence-corrected chi connectivity index (χ4v) is 2.36. The lowest BCUT2D eigenvalue weighted by Gasteiger charge is -2.21. The quantitative estimate of drug-likeness (QED) is 0.889. The molecule has 0 amide bonds. The normalized spacial score (nSPS) is 16.1. The van der Waals surface area contributed by atoms with Crippen molar-refractivity contribution in [3.05, 3.63) is 42.7 Å². The number of nitrogens with one attached hydrogen (secondary N) is 1. The fourth-order valence-electron chi connectivity index (χ4n) is 2.36. The molecule has 1 aliphatic rings. The van der Waals surface area contributed by atoms with Crippen LogP contribution < -0.4 is 10.2 Å². The van der Waals surface area contributed by atoms with Crippen LogP contribution in [-0.2, 0) is 0 Å². The summed E-state index contributed by atoms with van der Waals surface area (Å²) in [4.78, 5) is 11.1. The van der Waals surface area contributed by atoms with E-state index < -0.39 is 0 Å². The predicted molar refractivity (Wildman–Crippen MR) is 77.2 cm³/mol. The van der Waals surface area contributed by atoms with E-state index in [0.29, 0.717) is 0 Å². The molecule has 0 bridgehead atoms. The van der Waals surface area contributed by atoms with E-state index in [0.717, 1.165) is 49.7 Å². The van der Waals surface area contributed by atoms with E-state index in [9.17, 15) is 0 Å². The molecule has 0 saturated carbocycles. The summed E-state index contributed by atoms with van der Waals surface area (Å²) in [5.74, 6) is 1.03. The SMILES string of the molecule is c1ccc(-c2cc(N3CCCNCC3)ncn2)cc1. The van der Waals surface area contributed by atoms with Crippen LogP contribution in [0, 0.1) is 0 Å². The highest BCUT2D eigenvalue weighted by Crippen LogP contribution is 2.20. The average Bonchev–Trinajstić information content (AvgIpc) is 2.77. The second-order valence-corrected chi connectivity index (χ2v) is 4.72. The lowest BCUT2D eigenvalue weighted by molar-refractivity contribution is 0.724. The third kappa shape index (κ3) is 2.90. The van der Waals surface area contributed by atoms with Gasteiger partial charge < -0.3 is 10.2 Å². The number of rotatable bonds is 2. The second kappa shape index (κ2) is 5.80. The lowest BCUT2D eigenvalue weighted by atomic mass is 10.1. The van der Waals surface area contributed by atoms with Crippen LogP contribution in [0.1, 0.15) is 6.42 Å². The smallest absolute Gasteiger partial charge is 0.132 e. The van der Waals surface area contributed by atoms with Gasteiger partial charge in [0.15, 0.2) is 0 Å². The summed E-state index contributed by atoms with van der Waals surface area (Å²) in [6.45, 7) is 4.17. The molecule has 4 heteroatoms. The van der Waals surface area contributed by atoms with E-state index in [1.54, 1.807) is 6.33 Å². The molecule has 0 spiro atoms. The van der Waals surface area contributed by atoms with E-state index >= 15 is 0 Å². The summed E-state index contributed by atoms with van der Waals surface area (Å²) in [6.07, 6.45) is 2.82. The van der Waals surface area contributed by atoms with Crippen LogP contribution in [0.4, 0.5) is 5.82 Å². The van der Waals surface area contributed by atoms with Gasteiger partial charge in [0.25, 0.3) is 0 Å². The molecule has 0 radical (unpaired) electrons. The Hall–Kier alpha value is -1.94. The number of hydrogen-bond donors (Lipinski definition) is 1. The lowest BCUT2D eigenvalue weighted by Crippen LogP contribution is -2.28. The Labute approximate surface area is 113 Å². The molecule has 0 unspecified atom stereocenters. The molecule has 19 heavy (non-hydrogen) atoms. The zero-order valence-electron chi connectivity index (χ0n) is 10.9. The molecular formula is C15H18N4. The maximum Gasteiger partial charge on any atom is 0.132 e. The first-order valence-electron chi connectivity index (χ1n) is 6.76. The van der Waals surface area contributed by atoms with Gasteiger partial charge in [-0.2, -0.15) is 0 Å².